The van der Waals surface area contributed by atoms with E-state index in [9.17, 15) is 4.79 Å². The van der Waals surface area contributed by atoms with Gasteiger partial charge in [0.15, 0.2) is 11.3 Å². The Hall–Kier alpha value is -1.43. The molecule has 0 saturated carbocycles. The van der Waals surface area contributed by atoms with E-state index in [1.165, 1.54) is 16.9 Å². The zero-order valence-corrected chi connectivity index (χ0v) is 7.89. The van der Waals surface area contributed by atoms with Crippen LogP contribution in [0.3, 0.4) is 0 Å². The van der Waals surface area contributed by atoms with Gasteiger partial charge in [0.25, 0.3) is 0 Å². The number of carboxylic acid groups (broad SMARTS) is 1. The van der Waals surface area contributed by atoms with Crippen LogP contribution in [0.2, 0.25) is 0 Å². The molecule has 5 nitrogen and oxygen atoms in total. The summed E-state index contributed by atoms with van der Waals surface area (Å²) in [5.41, 5.74) is 0.593. The van der Waals surface area contributed by atoms with Crippen molar-refractivity contribution in [2.24, 2.45) is 0 Å². The third-order valence-corrected chi connectivity index (χ3v) is 2.15. The molecule has 1 N–H and O–H groups in total. The summed E-state index contributed by atoms with van der Waals surface area (Å²) in [5, 5.41) is 12.7. The van der Waals surface area contributed by atoms with Crippen LogP contribution < -0.4 is 0 Å². The van der Waals surface area contributed by atoms with Gasteiger partial charge in [-0.1, -0.05) is 0 Å². The predicted molar refractivity (Wildman–Crippen MR) is 47.6 cm³/mol. The number of fused-ring (bicyclic) bond motifs is 1. The Bertz CT molecular complexity index is 480. The van der Waals surface area contributed by atoms with E-state index in [2.05, 4.69) is 26.0 Å². The van der Waals surface area contributed by atoms with Crippen LogP contribution in [0.5, 0.6) is 0 Å². The minimum Gasteiger partial charge on any atom is -0.476 e. The minimum absolute atomic E-state index is 0.0787. The molecular formula is C7H4BrN3O2. The van der Waals surface area contributed by atoms with E-state index in [1.807, 2.05) is 0 Å². The van der Waals surface area contributed by atoms with Gasteiger partial charge in [0.2, 0.25) is 0 Å². The van der Waals surface area contributed by atoms with Crippen molar-refractivity contribution in [1.29, 1.82) is 0 Å². The molecule has 0 bridgehead atoms. The van der Waals surface area contributed by atoms with E-state index in [4.69, 9.17) is 5.11 Å². The normalized spacial score (nSPS) is 10.5. The molecule has 2 heterocycles. The summed E-state index contributed by atoms with van der Waals surface area (Å²) in [6, 6.07) is 1.64. The summed E-state index contributed by atoms with van der Waals surface area (Å²) in [6.45, 7) is 0. The van der Waals surface area contributed by atoms with Gasteiger partial charge in [0, 0.05) is 12.3 Å². The molecule has 6 heteroatoms. The van der Waals surface area contributed by atoms with E-state index in [1.54, 1.807) is 6.07 Å². The maximum Gasteiger partial charge on any atom is 0.355 e. The second-order valence-corrected chi connectivity index (χ2v) is 3.22. The molecule has 2 rings (SSSR count). The molecule has 0 atom stereocenters. The van der Waals surface area contributed by atoms with Crippen molar-refractivity contribution in [2.75, 3.05) is 0 Å². The number of carbonyl (C=O) groups is 1. The zero-order valence-electron chi connectivity index (χ0n) is 6.31. The fourth-order valence-corrected chi connectivity index (χ4v) is 1.48. The maximum absolute atomic E-state index is 10.8. The van der Waals surface area contributed by atoms with E-state index >= 15 is 0 Å². The van der Waals surface area contributed by atoms with Gasteiger partial charge in [-0.15, -0.1) is 0 Å². The molecule has 0 amide bonds. The lowest BCUT2D eigenvalue weighted by molar-refractivity contribution is 0.0686. The number of aromatic nitrogens is 3. The van der Waals surface area contributed by atoms with Crippen LogP contribution >= 0.6 is 15.9 Å². The molecule has 2 aromatic heterocycles. The highest BCUT2D eigenvalue weighted by molar-refractivity contribution is 9.10. The lowest BCUT2D eigenvalue weighted by atomic mass is 10.4. The average Bonchev–Trinajstić information content (AvgIpc) is 2.50. The predicted octanol–water partition coefficient (Wildman–Crippen LogP) is 1.19. The van der Waals surface area contributed by atoms with Crippen molar-refractivity contribution in [3.63, 3.8) is 0 Å². The minimum atomic E-state index is -1.04. The molecule has 0 aliphatic rings. The van der Waals surface area contributed by atoms with Gasteiger partial charge < -0.3 is 5.11 Å². The molecule has 0 aromatic carbocycles. The van der Waals surface area contributed by atoms with Gasteiger partial charge in [-0.2, -0.15) is 5.10 Å². The third-order valence-electron chi connectivity index (χ3n) is 1.57. The van der Waals surface area contributed by atoms with Crippen molar-refractivity contribution in [3.05, 3.63) is 28.6 Å². The van der Waals surface area contributed by atoms with Crippen molar-refractivity contribution in [1.82, 2.24) is 14.6 Å². The molecule has 0 radical (unpaired) electrons. The summed E-state index contributed by atoms with van der Waals surface area (Å²) < 4.78 is 1.68. The first-order chi connectivity index (χ1) is 6.20. The van der Waals surface area contributed by atoms with Crippen molar-refractivity contribution >= 4 is 27.5 Å². The molecular weight excluding hydrogens is 238 g/mol. The smallest absolute Gasteiger partial charge is 0.355 e. The summed E-state index contributed by atoms with van der Waals surface area (Å²) in [7, 11) is 0. The van der Waals surface area contributed by atoms with Gasteiger partial charge in [0.1, 0.15) is 0 Å². The molecule has 0 fully saturated rings. The number of halogens is 1. The van der Waals surface area contributed by atoms with Crippen molar-refractivity contribution < 1.29 is 9.90 Å². The third kappa shape index (κ3) is 1.19. The Morgan fingerprint density at radius 2 is 2.38 bits per heavy atom. The number of hydrogen-bond donors (Lipinski definition) is 1. The fraction of sp³-hybridized carbons (Fsp3) is 0. The van der Waals surface area contributed by atoms with Crippen molar-refractivity contribution in [3.8, 4) is 0 Å². The lowest BCUT2D eigenvalue weighted by Crippen LogP contribution is -2.08. The van der Waals surface area contributed by atoms with Crippen molar-refractivity contribution in [2.45, 2.75) is 0 Å². The van der Waals surface area contributed by atoms with Crippen LogP contribution in [0, 0.1) is 0 Å². The van der Waals surface area contributed by atoms with Gasteiger partial charge in [0.05, 0.1) is 10.7 Å². The molecule has 0 aliphatic heterocycles. The van der Waals surface area contributed by atoms with Gasteiger partial charge >= 0.3 is 5.97 Å². The second kappa shape index (κ2) is 2.81. The van der Waals surface area contributed by atoms with Gasteiger partial charge in [-0.3, -0.25) is 0 Å². The van der Waals surface area contributed by atoms with Crippen LogP contribution in [-0.4, -0.2) is 25.7 Å². The second-order valence-electron chi connectivity index (χ2n) is 2.36. The molecule has 13 heavy (non-hydrogen) atoms. The number of aromatic carboxylic acids is 1. The number of nitrogens with zero attached hydrogens (tertiary/aromatic N) is 3. The molecule has 0 aliphatic carbocycles. The monoisotopic (exact) mass is 241 g/mol. The quantitative estimate of drug-likeness (QED) is 0.815. The molecule has 0 spiro atoms. The Balaban J connectivity index is 2.88. The van der Waals surface area contributed by atoms with Gasteiger partial charge in [-0.25, -0.2) is 14.3 Å². The number of rotatable bonds is 1. The lowest BCUT2D eigenvalue weighted by Gasteiger charge is -2.00. The van der Waals surface area contributed by atoms with Crippen LogP contribution in [0.4, 0.5) is 0 Å². The first kappa shape index (κ1) is 8.18. The fourth-order valence-electron chi connectivity index (χ4n) is 1.04. The van der Waals surface area contributed by atoms with Gasteiger partial charge in [-0.05, 0) is 15.9 Å². The highest BCUT2D eigenvalue weighted by Gasteiger charge is 2.13. The molecule has 2 aromatic rings. The molecule has 66 valence electrons. The molecule has 0 saturated heterocycles. The maximum atomic E-state index is 10.8. The van der Waals surface area contributed by atoms with Crippen LogP contribution in [0.25, 0.3) is 5.65 Å². The summed E-state index contributed by atoms with van der Waals surface area (Å²) in [4.78, 5) is 14.8. The molecule has 0 unspecified atom stereocenters. The topological polar surface area (TPSA) is 67.5 Å². The summed E-state index contributed by atoms with van der Waals surface area (Å²) >= 11 is 3.10. The average molecular weight is 242 g/mol. The Labute approximate surface area is 81.1 Å². The summed E-state index contributed by atoms with van der Waals surface area (Å²) in [5.74, 6) is -1.04. The summed E-state index contributed by atoms with van der Waals surface area (Å²) in [6.07, 6.45) is 2.95. The Morgan fingerprint density at radius 1 is 1.62 bits per heavy atom. The van der Waals surface area contributed by atoms with E-state index < -0.39 is 5.97 Å². The first-order valence-electron chi connectivity index (χ1n) is 3.41. The van der Waals surface area contributed by atoms with Crippen LogP contribution in [-0.2, 0) is 0 Å². The van der Waals surface area contributed by atoms with Crippen LogP contribution in [0.15, 0.2) is 22.9 Å². The van der Waals surface area contributed by atoms with E-state index in [0.717, 1.165) is 0 Å². The van der Waals surface area contributed by atoms with Crippen LogP contribution in [0.1, 0.15) is 10.5 Å². The number of carboxylic acids is 1. The standard InChI is InChI=1S/C7H4BrN3O2/c8-4-3-9-5-1-2-10-11(5)6(4)7(12)13/h1-3H,(H,12,13). The SMILES string of the molecule is O=C(O)c1c(Br)cnc2ccnn12. The largest absolute Gasteiger partial charge is 0.476 e. The number of hydrogen-bond acceptors (Lipinski definition) is 3. The highest BCUT2D eigenvalue weighted by Crippen LogP contribution is 2.15. The Morgan fingerprint density at radius 3 is 3.08 bits per heavy atom. The first-order valence-corrected chi connectivity index (χ1v) is 4.21. The van der Waals surface area contributed by atoms with E-state index in [0.29, 0.717) is 10.1 Å². The highest BCUT2D eigenvalue weighted by atomic mass is 79.9. The Kier molecular flexibility index (Phi) is 1.77. The van der Waals surface area contributed by atoms with E-state index in [-0.39, 0.29) is 5.69 Å². The zero-order chi connectivity index (χ0) is 9.42.